The van der Waals surface area contributed by atoms with Gasteiger partial charge in [0.05, 0.1) is 6.10 Å². The number of aliphatic hydroxyl groups excluding tert-OH is 1. The first-order chi connectivity index (χ1) is 8.81. The molecule has 1 saturated heterocycles. The zero-order valence-electron chi connectivity index (χ0n) is 12.0. The lowest BCUT2D eigenvalue weighted by molar-refractivity contribution is 0.0370. The van der Waals surface area contributed by atoms with E-state index >= 15 is 0 Å². The van der Waals surface area contributed by atoms with Gasteiger partial charge in [-0.25, -0.2) is 0 Å². The Morgan fingerprint density at radius 3 is 2.39 bits per heavy atom. The van der Waals surface area contributed by atoms with Crippen molar-refractivity contribution >= 4 is 0 Å². The molecule has 2 heteroatoms. The van der Waals surface area contributed by atoms with Crippen LogP contribution in [0.15, 0.2) is 0 Å². The van der Waals surface area contributed by atoms with Gasteiger partial charge in [-0.3, -0.25) is 0 Å². The maximum absolute atomic E-state index is 10.7. The minimum absolute atomic E-state index is 0.0996. The van der Waals surface area contributed by atoms with E-state index in [9.17, 15) is 5.11 Å². The Hall–Kier alpha value is -0.0800. The molecule has 2 fully saturated rings. The second-order valence-electron chi connectivity index (χ2n) is 6.46. The number of hydrogen-bond acceptors (Lipinski definition) is 2. The SMILES string of the molecule is CCC1CCNC(C(O)C2CCCCCCC2)C1. The number of hydrogen-bond donors (Lipinski definition) is 2. The molecule has 2 rings (SSSR count). The Kier molecular flexibility index (Phi) is 5.97. The molecule has 1 aliphatic heterocycles. The average Bonchev–Trinajstić information content (AvgIpc) is 2.38. The lowest BCUT2D eigenvalue weighted by Crippen LogP contribution is -2.48. The van der Waals surface area contributed by atoms with Crippen molar-refractivity contribution in [3.8, 4) is 0 Å². The standard InChI is InChI=1S/C16H31NO/c1-2-13-10-11-17-15(12-13)16(18)14-8-6-4-3-5-7-9-14/h13-18H,2-12H2,1H3. The maximum atomic E-state index is 10.7. The first-order valence-corrected chi connectivity index (χ1v) is 8.22. The van der Waals surface area contributed by atoms with E-state index in [4.69, 9.17) is 0 Å². The van der Waals surface area contributed by atoms with Crippen molar-refractivity contribution in [2.75, 3.05) is 6.54 Å². The third-order valence-electron chi connectivity index (χ3n) is 5.17. The van der Waals surface area contributed by atoms with Crippen LogP contribution >= 0.6 is 0 Å². The van der Waals surface area contributed by atoms with E-state index in [0.717, 1.165) is 12.5 Å². The smallest absolute Gasteiger partial charge is 0.0721 e. The summed E-state index contributed by atoms with van der Waals surface area (Å²) < 4.78 is 0. The van der Waals surface area contributed by atoms with Crippen molar-refractivity contribution in [1.29, 1.82) is 0 Å². The molecule has 1 heterocycles. The number of nitrogens with one attached hydrogen (secondary N) is 1. The minimum atomic E-state index is -0.0996. The third kappa shape index (κ3) is 3.96. The third-order valence-corrected chi connectivity index (χ3v) is 5.17. The molecule has 2 N–H and O–H groups in total. The summed E-state index contributed by atoms with van der Waals surface area (Å²) in [6.45, 7) is 3.39. The Balaban J connectivity index is 1.85. The topological polar surface area (TPSA) is 32.3 Å². The highest BCUT2D eigenvalue weighted by atomic mass is 16.3. The quantitative estimate of drug-likeness (QED) is 0.807. The molecule has 1 saturated carbocycles. The Morgan fingerprint density at radius 2 is 1.72 bits per heavy atom. The molecule has 0 bridgehead atoms. The summed E-state index contributed by atoms with van der Waals surface area (Å²) in [5, 5.41) is 14.2. The predicted octanol–water partition coefficient (Wildman–Crippen LogP) is 3.49. The normalized spacial score (nSPS) is 33.7. The zero-order valence-corrected chi connectivity index (χ0v) is 12.0. The van der Waals surface area contributed by atoms with Gasteiger partial charge in [0.15, 0.2) is 0 Å². The van der Waals surface area contributed by atoms with Gasteiger partial charge in [-0.2, -0.15) is 0 Å². The van der Waals surface area contributed by atoms with E-state index in [1.165, 1.54) is 64.2 Å². The lowest BCUT2D eigenvalue weighted by atomic mass is 9.80. The number of aliphatic hydroxyl groups is 1. The largest absolute Gasteiger partial charge is 0.391 e. The van der Waals surface area contributed by atoms with E-state index in [-0.39, 0.29) is 6.10 Å². The van der Waals surface area contributed by atoms with Gasteiger partial charge in [0.2, 0.25) is 0 Å². The van der Waals surface area contributed by atoms with Crippen molar-refractivity contribution in [3.05, 3.63) is 0 Å². The first-order valence-electron chi connectivity index (χ1n) is 8.22. The summed E-state index contributed by atoms with van der Waals surface area (Å²) >= 11 is 0. The van der Waals surface area contributed by atoms with Gasteiger partial charge < -0.3 is 10.4 Å². The van der Waals surface area contributed by atoms with Gasteiger partial charge in [0.1, 0.15) is 0 Å². The highest BCUT2D eigenvalue weighted by molar-refractivity contribution is 4.87. The fraction of sp³-hybridized carbons (Fsp3) is 1.00. The van der Waals surface area contributed by atoms with Gasteiger partial charge in [-0.1, -0.05) is 45.4 Å². The van der Waals surface area contributed by atoms with Crippen molar-refractivity contribution in [1.82, 2.24) is 5.32 Å². The van der Waals surface area contributed by atoms with Crippen LogP contribution in [0, 0.1) is 11.8 Å². The monoisotopic (exact) mass is 253 g/mol. The van der Waals surface area contributed by atoms with Crippen LogP contribution in [0.5, 0.6) is 0 Å². The summed E-state index contributed by atoms with van der Waals surface area (Å²) in [4.78, 5) is 0. The summed E-state index contributed by atoms with van der Waals surface area (Å²) in [5.41, 5.74) is 0. The van der Waals surface area contributed by atoms with E-state index < -0.39 is 0 Å². The van der Waals surface area contributed by atoms with Crippen molar-refractivity contribution in [3.63, 3.8) is 0 Å². The molecule has 2 aliphatic rings. The predicted molar refractivity (Wildman–Crippen MR) is 76.6 cm³/mol. The second kappa shape index (κ2) is 7.49. The van der Waals surface area contributed by atoms with E-state index in [1.807, 2.05) is 0 Å². The lowest BCUT2D eigenvalue weighted by Gasteiger charge is -2.37. The molecule has 0 radical (unpaired) electrons. The molecule has 106 valence electrons. The molecule has 3 unspecified atom stereocenters. The second-order valence-corrected chi connectivity index (χ2v) is 6.46. The molecular weight excluding hydrogens is 222 g/mol. The van der Waals surface area contributed by atoms with Crippen molar-refractivity contribution in [2.45, 2.75) is 83.3 Å². The number of rotatable bonds is 3. The van der Waals surface area contributed by atoms with E-state index in [0.29, 0.717) is 12.0 Å². The molecule has 0 spiro atoms. The fourth-order valence-corrected chi connectivity index (χ4v) is 3.82. The van der Waals surface area contributed by atoms with Crippen molar-refractivity contribution < 1.29 is 5.11 Å². The Labute approximate surface area is 113 Å². The summed E-state index contributed by atoms with van der Waals surface area (Å²) in [5.74, 6) is 1.39. The highest BCUT2D eigenvalue weighted by Crippen LogP contribution is 2.30. The minimum Gasteiger partial charge on any atom is -0.391 e. The molecule has 0 aromatic carbocycles. The zero-order chi connectivity index (χ0) is 12.8. The first kappa shape index (κ1) is 14.3. The van der Waals surface area contributed by atoms with Gasteiger partial charge in [-0.15, -0.1) is 0 Å². The van der Waals surface area contributed by atoms with Crippen molar-refractivity contribution in [2.24, 2.45) is 11.8 Å². The Morgan fingerprint density at radius 1 is 1.06 bits per heavy atom. The number of piperidine rings is 1. The van der Waals surface area contributed by atoms with E-state index in [1.54, 1.807) is 0 Å². The maximum Gasteiger partial charge on any atom is 0.0721 e. The molecule has 0 aromatic heterocycles. The molecule has 2 nitrogen and oxygen atoms in total. The molecule has 0 amide bonds. The average molecular weight is 253 g/mol. The fourth-order valence-electron chi connectivity index (χ4n) is 3.82. The van der Waals surface area contributed by atoms with Crippen LogP contribution in [0.1, 0.15) is 71.1 Å². The van der Waals surface area contributed by atoms with Crippen LogP contribution in [0.25, 0.3) is 0 Å². The van der Waals surface area contributed by atoms with Crippen LogP contribution in [0.2, 0.25) is 0 Å². The van der Waals surface area contributed by atoms with Gasteiger partial charge in [0.25, 0.3) is 0 Å². The summed E-state index contributed by atoms with van der Waals surface area (Å²) in [6.07, 6.45) is 13.0. The summed E-state index contributed by atoms with van der Waals surface area (Å²) in [7, 11) is 0. The summed E-state index contributed by atoms with van der Waals surface area (Å²) in [6, 6.07) is 0.369. The van der Waals surface area contributed by atoms with Crippen LogP contribution < -0.4 is 5.32 Å². The van der Waals surface area contributed by atoms with Gasteiger partial charge in [-0.05, 0) is 44.1 Å². The van der Waals surface area contributed by atoms with Crippen LogP contribution in [0.4, 0.5) is 0 Å². The molecule has 1 aliphatic carbocycles. The van der Waals surface area contributed by atoms with Crippen LogP contribution in [-0.4, -0.2) is 23.8 Å². The van der Waals surface area contributed by atoms with Gasteiger partial charge in [0, 0.05) is 6.04 Å². The Bertz CT molecular complexity index is 221. The van der Waals surface area contributed by atoms with Crippen LogP contribution in [-0.2, 0) is 0 Å². The van der Waals surface area contributed by atoms with E-state index in [2.05, 4.69) is 12.2 Å². The van der Waals surface area contributed by atoms with Gasteiger partial charge >= 0.3 is 0 Å². The molecule has 0 aromatic rings. The molecule has 3 atom stereocenters. The highest BCUT2D eigenvalue weighted by Gasteiger charge is 2.31. The molecule has 18 heavy (non-hydrogen) atoms. The van der Waals surface area contributed by atoms with Crippen LogP contribution in [0.3, 0.4) is 0 Å². The molecular formula is C16H31NO.